The minimum Gasteiger partial charge on any atom is -0.361 e. The van der Waals surface area contributed by atoms with Crippen LogP contribution in [0.25, 0.3) is 17.0 Å². The lowest BCUT2D eigenvalue weighted by Gasteiger charge is -2.06. The van der Waals surface area contributed by atoms with Crippen LogP contribution in [0.15, 0.2) is 54.2 Å². The van der Waals surface area contributed by atoms with Gasteiger partial charge in [-0.3, -0.25) is 14.9 Å². The highest BCUT2D eigenvalue weighted by molar-refractivity contribution is 6.11. The molecular weight excluding hydrogens is 332 g/mol. The topological polar surface area (TPSA) is 112 Å². The van der Waals surface area contributed by atoms with Crippen LogP contribution in [0.5, 0.6) is 0 Å². The third-order valence-electron chi connectivity index (χ3n) is 3.88. The van der Waals surface area contributed by atoms with E-state index in [4.69, 9.17) is 0 Å². The van der Waals surface area contributed by atoms with Crippen LogP contribution in [0.2, 0.25) is 0 Å². The second-order valence-electron chi connectivity index (χ2n) is 5.69. The van der Waals surface area contributed by atoms with Crippen molar-refractivity contribution in [1.82, 2.24) is 4.98 Å². The number of nitrogens with one attached hydrogen (secondary N) is 2. The molecule has 0 saturated heterocycles. The minimum atomic E-state index is -0.704. The summed E-state index contributed by atoms with van der Waals surface area (Å²) < 4.78 is 0. The maximum absolute atomic E-state index is 12.4. The number of amides is 1. The number of hydrogen-bond acceptors (Lipinski definition) is 4. The fourth-order valence-corrected chi connectivity index (χ4v) is 2.61. The number of anilines is 1. The molecule has 0 aliphatic rings. The first-order valence-corrected chi connectivity index (χ1v) is 7.74. The number of aryl methyl sites for hydroxylation is 1. The molecule has 3 aromatic rings. The summed E-state index contributed by atoms with van der Waals surface area (Å²) in [5, 5.41) is 23.8. The van der Waals surface area contributed by atoms with Gasteiger partial charge < -0.3 is 10.3 Å². The summed E-state index contributed by atoms with van der Waals surface area (Å²) in [6.07, 6.45) is 3.15. The first-order chi connectivity index (χ1) is 12.5. The molecular formula is C19H14N4O3. The summed E-state index contributed by atoms with van der Waals surface area (Å²) in [5.41, 5.74) is 1.94. The van der Waals surface area contributed by atoms with Crippen molar-refractivity contribution in [3.63, 3.8) is 0 Å². The maximum Gasteiger partial charge on any atom is 0.293 e. The number of aromatic nitrogens is 1. The Kier molecular flexibility index (Phi) is 4.50. The lowest BCUT2D eigenvalue weighted by Crippen LogP contribution is -2.14. The number of hydrogen-bond donors (Lipinski definition) is 2. The van der Waals surface area contributed by atoms with Gasteiger partial charge in [0.15, 0.2) is 0 Å². The number of para-hydroxylation sites is 1. The molecule has 0 bridgehead atoms. The number of rotatable bonds is 4. The fourth-order valence-electron chi connectivity index (χ4n) is 2.61. The molecule has 2 N–H and O–H groups in total. The molecule has 0 aliphatic carbocycles. The Morgan fingerprint density at radius 2 is 2.08 bits per heavy atom. The van der Waals surface area contributed by atoms with Crippen molar-refractivity contribution < 1.29 is 9.72 Å². The second kappa shape index (κ2) is 6.91. The van der Waals surface area contributed by atoms with Crippen LogP contribution in [0.1, 0.15) is 11.1 Å². The molecule has 3 rings (SSSR count). The Bertz CT molecular complexity index is 1090. The standard InChI is InChI=1S/C19H14N4O3/c1-12-6-7-17(18(8-12)23(25)26)22-19(24)13(10-20)9-14-11-21-16-5-3-2-4-15(14)16/h2-9,11,21H,1H3,(H,22,24). The molecule has 1 heterocycles. The molecule has 128 valence electrons. The molecule has 7 heteroatoms. The highest BCUT2D eigenvalue weighted by Crippen LogP contribution is 2.26. The van der Waals surface area contributed by atoms with Crippen LogP contribution in [0.4, 0.5) is 11.4 Å². The first kappa shape index (κ1) is 16.9. The van der Waals surface area contributed by atoms with Gasteiger partial charge in [0, 0.05) is 28.7 Å². The highest BCUT2D eigenvalue weighted by Gasteiger charge is 2.18. The zero-order valence-corrected chi connectivity index (χ0v) is 13.8. The number of nitrogens with zero attached hydrogens (tertiary/aromatic N) is 2. The third kappa shape index (κ3) is 3.30. The Hall–Kier alpha value is -3.92. The summed E-state index contributed by atoms with van der Waals surface area (Å²) in [6, 6.07) is 13.8. The summed E-state index contributed by atoms with van der Waals surface area (Å²) in [7, 11) is 0. The predicted octanol–water partition coefficient (Wildman–Crippen LogP) is 3.93. The van der Waals surface area contributed by atoms with Gasteiger partial charge in [0.05, 0.1) is 4.92 Å². The average Bonchev–Trinajstić information content (AvgIpc) is 3.04. The highest BCUT2D eigenvalue weighted by atomic mass is 16.6. The monoisotopic (exact) mass is 346 g/mol. The quantitative estimate of drug-likeness (QED) is 0.322. The Morgan fingerprint density at radius 1 is 1.31 bits per heavy atom. The molecule has 2 aromatic carbocycles. The van der Waals surface area contributed by atoms with Crippen LogP contribution >= 0.6 is 0 Å². The molecule has 1 amide bonds. The van der Waals surface area contributed by atoms with E-state index in [1.54, 1.807) is 19.2 Å². The lowest BCUT2D eigenvalue weighted by molar-refractivity contribution is -0.384. The number of nitro benzene ring substituents is 1. The molecule has 0 fully saturated rings. The van der Waals surface area contributed by atoms with Gasteiger partial charge in [0.1, 0.15) is 17.3 Å². The van der Waals surface area contributed by atoms with Crippen LogP contribution in [0, 0.1) is 28.4 Å². The van der Waals surface area contributed by atoms with Crippen molar-refractivity contribution in [1.29, 1.82) is 5.26 Å². The largest absolute Gasteiger partial charge is 0.361 e. The third-order valence-corrected chi connectivity index (χ3v) is 3.88. The number of carbonyl (C=O) groups is 1. The lowest BCUT2D eigenvalue weighted by atomic mass is 10.1. The van der Waals surface area contributed by atoms with Gasteiger partial charge in [0.25, 0.3) is 11.6 Å². The van der Waals surface area contributed by atoms with Gasteiger partial charge >= 0.3 is 0 Å². The molecule has 0 atom stereocenters. The summed E-state index contributed by atoms with van der Waals surface area (Å²) in [6.45, 7) is 1.72. The number of H-pyrrole nitrogens is 1. The zero-order valence-electron chi connectivity index (χ0n) is 13.8. The van der Waals surface area contributed by atoms with Gasteiger partial charge in [-0.15, -0.1) is 0 Å². The molecule has 1 aromatic heterocycles. The molecule has 26 heavy (non-hydrogen) atoms. The van der Waals surface area contributed by atoms with Crippen LogP contribution < -0.4 is 5.32 Å². The van der Waals surface area contributed by atoms with Crippen molar-refractivity contribution in [3.8, 4) is 6.07 Å². The van der Waals surface area contributed by atoms with Crippen molar-refractivity contribution in [2.75, 3.05) is 5.32 Å². The van der Waals surface area contributed by atoms with E-state index < -0.39 is 10.8 Å². The van der Waals surface area contributed by atoms with Gasteiger partial charge in [-0.1, -0.05) is 24.3 Å². The SMILES string of the molecule is Cc1ccc(NC(=O)C(C#N)=Cc2c[nH]c3ccccc23)c([N+](=O)[O-])c1. The second-order valence-corrected chi connectivity index (χ2v) is 5.69. The summed E-state index contributed by atoms with van der Waals surface area (Å²) in [4.78, 5) is 26.1. The first-order valence-electron chi connectivity index (χ1n) is 7.74. The van der Waals surface area contributed by atoms with E-state index in [2.05, 4.69) is 10.3 Å². The van der Waals surface area contributed by atoms with Crippen LogP contribution in [-0.2, 0) is 4.79 Å². The Labute approximate surface area is 148 Å². The number of nitriles is 1. The number of aromatic amines is 1. The van der Waals surface area contributed by atoms with Crippen molar-refractivity contribution in [3.05, 3.63) is 75.5 Å². The summed E-state index contributed by atoms with van der Waals surface area (Å²) in [5.74, 6) is -0.704. The van der Waals surface area contributed by atoms with Crippen molar-refractivity contribution in [2.45, 2.75) is 6.92 Å². The Morgan fingerprint density at radius 3 is 2.81 bits per heavy atom. The number of carbonyl (C=O) groups excluding carboxylic acids is 1. The van der Waals surface area contributed by atoms with Crippen LogP contribution in [0.3, 0.4) is 0 Å². The van der Waals surface area contributed by atoms with Crippen LogP contribution in [-0.4, -0.2) is 15.8 Å². The van der Waals surface area contributed by atoms with Crippen molar-refractivity contribution in [2.24, 2.45) is 0 Å². The van der Waals surface area contributed by atoms with Crippen molar-refractivity contribution >= 4 is 34.3 Å². The predicted molar refractivity (Wildman–Crippen MR) is 98.4 cm³/mol. The van der Waals surface area contributed by atoms with E-state index in [9.17, 15) is 20.2 Å². The average molecular weight is 346 g/mol. The number of benzene rings is 2. The van der Waals surface area contributed by atoms with Gasteiger partial charge in [-0.2, -0.15) is 5.26 Å². The molecule has 7 nitrogen and oxygen atoms in total. The smallest absolute Gasteiger partial charge is 0.293 e. The van der Waals surface area contributed by atoms with Gasteiger partial charge in [0.2, 0.25) is 0 Å². The zero-order chi connectivity index (χ0) is 18.7. The van der Waals surface area contributed by atoms with Gasteiger partial charge in [-0.25, -0.2) is 0 Å². The van der Waals surface area contributed by atoms with E-state index in [0.29, 0.717) is 11.1 Å². The molecule has 0 aliphatic heterocycles. The fraction of sp³-hybridized carbons (Fsp3) is 0.0526. The molecule has 0 unspecified atom stereocenters. The van der Waals surface area contributed by atoms with Gasteiger partial charge in [-0.05, 0) is 30.7 Å². The van der Waals surface area contributed by atoms with E-state index >= 15 is 0 Å². The molecule has 0 radical (unpaired) electrons. The number of nitro groups is 1. The Balaban J connectivity index is 1.93. The van der Waals surface area contributed by atoms with E-state index in [1.165, 1.54) is 18.2 Å². The van der Waals surface area contributed by atoms with E-state index in [-0.39, 0.29) is 16.9 Å². The minimum absolute atomic E-state index is 0.0469. The summed E-state index contributed by atoms with van der Waals surface area (Å²) >= 11 is 0. The maximum atomic E-state index is 12.4. The molecule has 0 saturated carbocycles. The van der Waals surface area contributed by atoms with E-state index in [0.717, 1.165) is 10.9 Å². The van der Waals surface area contributed by atoms with E-state index in [1.807, 2.05) is 30.3 Å². The number of fused-ring (bicyclic) bond motifs is 1. The normalized spacial score (nSPS) is 11.2. The molecule has 0 spiro atoms.